The number of benzene rings is 2. The van der Waals surface area contributed by atoms with Gasteiger partial charge in [0.2, 0.25) is 0 Å². The van der Waals surface area contributed by atoms with E-state index in [2.05, 4.69) is 30.9 Å². The predicted molar refractivity (Wildman–Crippen MR) is 155 cm³/mol. The molecule has 0 saturated carbocycles. The van der Waals surface area contributed by atoms with Crippen molar-refractivity contribution in [1.82, 2.24) is 0 Å². The number of fused-ring (bicyclic) bond motifs is 1. The van der Waals surface area contributed by atoms with Crippen LogP contribution >= 0.6 is 10.6 Å². The molecule has 0 radical (unpaired) electrons. The lowest BCUT2D eigenvalue weighted by atomic mass is 9.98. The third-order valence-corrected chi connectivity index (χ3v) is 8.86. The Morgan fingerprint density at radius 1 is 0.892 bits per heavy atom. The Hall–Kier alpha value is -3.03. The first-order chi connectivity index (χ1) is 17.9. The fourth-order valence-electron chi connectivity index (χ4n) is 4.85. The van der Waals surface area contributed by atoms with Crippen LogP contribution in [0.1, 0.15) is 81.9 Å². The third kappa shape index (κ3) is 6.65. The molecule has 0 bridgehead atoms. The normalized spacial score (nSPS) is 15.6. The Bertz CT molecular complexity index is 1210. The van der Waals surface area contributed by atoms with E-state index in [-0.39, 0.29) is 10.5 Å². The van der Waals surface area contributed by atoms with Gasteiger partial charge in [-0.15, -0.1) is 10.6 Å². The van der Waals surface area contributed by atoms with Gasteiger partial charge in [-0.25, -0.2) is 0 Å². The summed E-state index contributed by atoms with van der Waals surface area (Å²) in [5, 5.41) is 19.2. The quantitative estimate of drug-likeness (QED) is 0.217. The largest absolute Gasteiger partial charge is 0.372 e. The second-order valence-corrected chi connectivity index (χ2v) is 11.7. The molecule has 2 aromatic rings. The van der Waals surface area contributed by atoms with E-state index in [0.717, 1.165) is 24.2 Å². The van der Waals surface area contributed by atoms with Crippen molar-refractivity contribution in [3.05, 3.63) is 69.6 Å². The second kappa shape index (κ2) is 13.5. The molecule has 0 amide bonds. The molecule has 0 saturated heterocycles. The first-order valence-electron chi connectivity index (χ1n) is 13.4. The van der Waals surface area contributed by atoms with Crippen molar-refractivity contribution in [2.24, 2.45) is 0 Å². The number of hydrogen-bond donors (Lipinski definition) is 2. The molecular weight excluding hydrogens is 478 g/mol. The van der Waals surface area contributed by atoms with Gasteiger partial charge >= 0.3 is 0 Å². The maximum absolute atomic E-state index is 11.2. The highest BCUT2D eigenvalue weighted by Gasteiger charge is 2.38. The SMILES string of the molecule is CCCCCCN(CCCCCC)c1ccc(/C=C2/C(=C(C#N)C#N)c3ccccc3S2(O)O)c(C)c1. The lowest BCUT2D eigenvalue weighted by molar-refractivity contribution is 0.499. The van der Waals surface area contributed by atoms with Crippen LogP contribution in [-0.4, -0.2) is 22.2 Å². The molecule has 6 heteroatoms. The van der Waals surface area contributed by atoms with E-state index >= 15 is 0 Å². The Balaban J connectivity index is 1.97. The number of nitrogens with zero attached hydrogens (tertiary/aromatic N) is 3. The van der Waals surface area contributed by atoms with Crippen LogP contribution in [0.4, 0.5) is 5.69 Å². The van der Waals surface area contributed by atoms with Gasteiger partial charge in [-0.1, -0.05) is 76.6 Å². The molecular formula is C31H39N3O2S. The monoisotopic (exact) mass is 517 g/mol. The summed E-state index contributed by atoms with van der Waals surface area (Å²) in [5.41, 5.74) is 3.77. The van der Waals surface area contributed by atoms with Crippen LogP contribution < -0.4 is 4.90 Å². The van der Waals surface area contributed by atoms with Gasteiger partial charge in [0.05, 0.1) is 9.80 Å². The molecule has 2 N–H and O–H groups in total. The number of anilines is 1. The van der Waals surface area contributed by atoms with Crippen molar-refractivity contribution in [1.29, 1.82) is 10.5 Å². The summed E-state index contributed by atoms with van der Waals surface area (Å²) >= 11 is 0. The molecule has 1 heterocycles. The van der Waals surface area contributed by atoms with Gasteiger partial charge in [-0.2, -0.15) is 10.5 Å². The molecule has 0 fully saturated rings. The van der Waals surface area contributed by atoms with E-state index in [0.29, 0.717) is 16.0 Å². The fourth-order valence-corrected chi connectivity index (χ4v) is 6.62. The van der Waals surface area contributed by atoms with Crippen LogP contribution in [0.25, 0.3) is 11.6 Å². The topological polar surface area (TPSA) is 91.3 Å². The van der Waals surface area contributed by atoms with E-state index in [4.69, 9.17) is 0 Å². The Labute approximate surface area is 224 Å². The molecule has 37 heavy (non-hydrogen) atoms. The van der Waals surface area contributed by atoms with Gasteiger partial charge < -0.3 is 4.90 Å². The summed E-state index contributed by atoms with van der Waals surface area (Å²) in [6.45, 7) is 8.54. The van der Waals surface area contributed by atoms with Crippen LogP contribution in [0.3, 0.4) is 0 Å². The summed E-state index contributed by atoms with van der Waals surface area (Å²) < 4.78 is 22.4. The van der Waals surface area contributed by atoms with Crippen molar-refractivity contribution in [2.75, 3.05) is 18.0 Å². The van der Waals surface area contributed by atoms with Gasteiger partial charge in [0, 0.05) is 29.9 Å². The van der Waals surface area contributed by atoms with E-state index in [1.807, 2.05) is 25.1 Å². The van der Waals surface area contributed by atoms with Crippen molar-refractivity contribution in [3.8, 4) is 12.1 Å². The van der Waals surface area contributed by atoms with Gasteiger partial charge in [-0.3, -0.25) is 9.11 Å². The van der Waals surface area contributed by atoms with Crippen LogP contribution in [0.5, 0.6) is 0 Å². The number of rotatable bonds is 12. The first-order valence-corrected chi connectivity index (χ1v) is 14.9. The maximum atomic E-state index is 11.2. The fraction of sp³-hybridized carbons (Fsp3) is 0.419. The predicted octanol–water partition coefficient (Wildman–Crippen LogP) is 8.93. The zero-order valence-electron chi connectivity index (χ0n) is 22.3. The minimum Gasteiger partial charge on any atom is -0.372 e. The molecule has 0 aromatic heterocycles. The van der Waals surface area contributed by atoms with Crippen molar-refractivity contribution >= 4 is 27.9 Å². The summed E-state index contributed by atoms with van der Waals surface area (Å²) in [4.78, 5) is 3.07. The maximum Gasteiger partial charge on any atom is 0.139 e. The highest BCUT2D eigenvalue weighted by Crippen LogP contribution is 2.68. The molecule has 3 rings (SSSR count). The third-order valence-electron chi connectivity index (χ3n) is 6.96. The number of allylic oxidation sites excluding steroid dienone is 2. The molecule has 2 aromatic carbocycles. The van der Waals surface area contributed by atoms with Crippen LogP contribution in [0.2, 0.25) is 0 Å². The van der Waals surface area contributed by atoms with Crippen LogP contribution in [-0.2, 0) is 0 Å². The molecule has 1 aliphatic rings. The smallest absolute Gasteiger partial charge is 0.139 e. The summed E-state index contributed by atoms with van der Waals surface area (Å²) in [6.07, 6.45) is 11.5. The number of nitriles is 2. The minimum absolute atomic E-state index is 0.115. The molecule has 0 aliphatic carbocycles. The van der Waals surface area contributed by atoms with E-state index < -0.39 is 10.6 Å². The van der Waals surface area contributed by atoms with E-state index in [9.17, 15) is 19.6 Å². The first kappa shape index (κ1) is 28.5. The minimum atomic E-state index is -3.35. The molecule has 0 atom stereocenters. The molecule has 196 valence electrons. The Kier molecular flexibility index (Phi) is 10.4. The Morgan fingerprint density at radius 2 is 1.51 bits per heavy atom. The average Bonchev–Trinajstić information content (AvgIpc) is 3.11. The summed E-state index contributed by atoms with van der Waals surface area (Å²) in [7, 11) is -3.35. The van der Waals surface area contributed by atoms with E-state index in [1.54, 1.807) is 30.3 Å². The standard InChI is InChI=1S/C31H39N3O2S/c1-4-6-8-12-18-34(19-13-9-7-5-2)27-17-16-25(24(3)20-27)21-30-31(26(22-32)23-33)28-14-10-11-15-29(28)37(30,35)36/h10-11,14-17,20-21,35-36H,4-9,12-13,18-19H2,1-3H3/b30-21-. The highest BCUT2D eigenvalue weighted by molar-refractivity contribution is 8.28. The lowest BCUT2D eigenvalue weighted by Gasteiger charge is -2.29. The van der Waals surface area contributed by atoms with Gasteiger partial charge in [0.25, 0.3) is 0 Å². The molecule has 5 nitrogen and oxygen atoms in total. The van der Waals surface area contributed by atoms with Crippen LogP contribution in [0.15, 0.2) is 57.8 Å². The molecule has 1 aliphatic heterocycles. The van der Waals surface area contributed by atoms with Crippen LogP contribution in [0, 0.1) is 29.6 Å². The van der Waals surface area contributed by atoms with Gasteiger partial charge in [0.15, 0.2) is 0 Å². The average molecular weight is 518 g/mol. The Morgan fingerprint density at radius 3 is 2.08 bits per heavy atom. The second-order valence-electron chi connectivity index (χ2n) is 9.68. The lowest BCUT2D eigenvalue weighted by Crippen LogP contribution is -2.25. The van der Waals surface area contributed by atoms with Crippen molar-refractivity contribution in [3.63, 3.8) is 0 Å². The zero-order chi connectivity index (χ0) is 26.8. The zero-order valence-corrected chi connectivity index (χ0v) is 23.2. The van der Waals surface area contributed by atoms with Crippen molar-refractivity contribution in [2.45, 2.75) is 77.0 Å². The molecule has 0 unspecified atom stereocenters. The summed E-state index contributed by atoms with van der Waals surface area (Å²) in [5.74, 6) is 0. The number of hydrogen-bond acceptors (Lipinski definition) is 5. The summed E-state index contributed by atoms with van der Waals surface area (Å²) in [6, 6.07) is 17.1. The molecule has 0 spiro atoms. The van der Waals surface area contributed by atoms with Gasteiger partial charge in [0.1, 0.15) is 17.7 Å². The highest BCUT2D eigenvalue weighted by atomic mass is 32.3. The van der Waals surface area contributed by atoms with E-state index in [1.165, 1.54) is 57.1 Å². The van der Waals surface area contributed by atoms with Gasteiger partial charge in [-0.05, 0) is 55.2 Å². The number of aryl methyl sites for hydroxylation is 1. The number of unbranched alkanes of at least 4 members (excludes halogenated alkanes) is 6. The van der Waals surface area contributed by atoms with Crippen molar-refractivity contribution < 1.29 is 9.11 Å².